The number of nitrogens with zero attached hydrogens (tertiary/aromatic N) is 1. The molecule has 0 radical (unpaired) electrons. The van der Waals surface area contributed by atoms with E-state index in [0.29, 0.717) is 13.2 Å². The Balaban J connectivity index is 0.00000220. The minimum Gasteiger partial charge on any atom is -0.383 e. The van der Waals surface area contributed by atoms with Gasteiger partial charge in [0.25, 0.3) is 0 Å². The Kier molecular flexibility index (Phi) is 10.2. The molecule has 0 aliphatic rings. The lowest BCUT2D eigenvalue weighted by Crippen LogP contribution is -2.30. The standard InChI is InChI=1S/C14H18N4O2.2ClH/c1-20-9-8-15-10-13(19)18-12-4-2-11(3-5-12)14-16-6-7-17-14;;/h2-7,15H,8-10H2,1H3,(H,16,17)(H,18,19);2*1H. The molecule has 2 rings (SSSR count). The number of methoxy groups -OCH3 is 1. The summed E-state index contributed by atoms with van der Waals surface area (Å²) in [5, 5.41) is 5.81. The van der Waals surface area contributed by atoms with Crippen LogP contribution in [-0.4, -0.2) is 42.7 Å². The topological polar surface area (TPSA) is 79.0 Å². The summed E-state index contributed by atoms with van der Waals surface area (Å²) in [6.07, 6.45) is 3.48. The van der Waals surface area contributed by atoms with E-state index in [1.165, 1.54) is 0 Å². The lowest BCUT2D eigenvalue weighted by molar-refractivity contribution is -0.115. The van der Waals surface area contributed by atoms with Gasteiger partial charge in [0.15, 0.2) is 0 Å². The van der Waals surface area contributed by atoms with Crippen LogP contribution in [0.15, 0.2) is 36.7 Å². The van der Waals surface area contributed by atoms with E-state index in [0.717, 1.165) is 17.1 Å². The van der Waals surface area contributed by atoms with Gasteiger partial charge in [-0.25, -0.2) is 4.98 Å². The van der Waals surface area contributed by atoms with Crippen LogP contribution in [0, 0.1) is 0 Å². The van der Waals surface area contributed by atoms with Gasteiger partial charge < -0.3 is 20.4 Å². The molecular weight excluding hydrogens is 327 g/mol. The molecule has 1 aromatic carbocycles. The second-order valence-electron chi connectivity index (χ2n) is 4.23. The van der Waals surface area contributed by atoms with Crippen molar-refractivity contribution in [1.82, 2.24) is 15.3 Å². The van der Waals surface area contributed by atoms with E-state index >= 15 is 0 Å². The van der Waals surface area contributed by atoms with Crippen LogP contribution >= 0.6 is 24.8 Å². The maximum absolute atomic E-state index is 11.7. The van der Waals surface area contributed by atoms with Crippen LogP contribution in [0.3, 0.4) is 0 Å². The zero-order valence-electron chi connectivity index (χ0n) is 12.2. The zero-order valence-corrected chi connectivity index (χ0v) is 13.8. The second-order valence-corrected chi connectivity index (χ2v) is 4.23. The molecule has 1 heterocycles. The molecular formula is C14H20Cl2N4O2. The van der Waals surface area contributed by atoms with Gasteiger partial charge in [0.1, 0.15) is 5.82 Å². The van der Waals surface area contributed by atoms with E-state index in [2.05, 4.69) is 20.6 Å². The SMILES string of the molecule is COCCNCC(=O)Nc1ccc(-c2ncc[nH]2)cc1.Cl.Cl. The molecule has 3 N–H and O–H groups in total. The van der Waals surface area contributed by atoms with Crippen molar-refractivity contribution in [1.29, 1.82) is 0 Å². The quantitative estimate of drug-likeness (QED) is 0.670. The first-order chi connectivity index (χ1) is 9.79. The summed E-state index contributed by atoms with van der Waals surface area (Å²) in [5.74, 6) is 0.732. The molecule has 1 amide bonds. The first-order valence-electron chi connectivity index (χ1n) is 6.39. The van der Waals surface area contributed by atoms with Gasteiger partial charge in [0, 0.05) is 37.3 Å². The monoisotopic (exact) mass is 346 g/mol. The molecule has 6 nitrogen and oxygen atoms in total. The number of H-pyrrole nitrogens is 1. The number of rotatable bonds is 7. The summed E-state index contributed by atoms with van der Waals surface area (Å²) in [6, 6.07) is 7.52. The van der Waals surface area contributed by atoms with Gasteiger partial charge in [-0.3, -0.25) is 4.79 Å². The molecule has 8 heteroatoms. The Morgan fingerprint density at radius 3 is 2.59 bits per heavy atom. The number of amides is 1. The van der Waals surface area contributed by atoms with Gasteiger partial charge in [-0.2, -0.15) is 0 Å². The Labute approximate surface area is 141 Å². The highest BCUT2D eigenvalue weighted by atomic mass is 35.5. The van der Waals surface area contributed by atoms with Crippen molar-refractivity contribution in [3.05, 3.63) is 36.7 Å². The van der Waals surface area contributed by atoms with Crippen molar-refractivity contribution in [3.63, 3.8) is 0 Å². The average Bonchev–Trinajstić information content (AvgIpc) is 2.99. The molecule has 0 saturated carbocycles. The molecule has 0 atom stereocenters. The van der Waals surface area contributed by atoms with Gasteiger partial charge in [0.05, 0.1) is 13.2 Å². The Morgan fingerprint density at radius 2 is 2.00 bits per heavy atom. The molecule has 2 aromatic rings. The number of imidazole rings is 1. The van der Waals surface area contributed by atoms with Gasteiger partial charge in [-0.1, -0.05) is 0 Å². The molecule has 0 saturated heterocycles. The maximum Gasteiger partial charge on any atom is 0.238 e. The predicted octanol–water partition coefficient (Wildman–Crippen LogP) is 2.09. The number of benzene rings is 1. The Bertz CT molecular complexity index is 532. The number of aromatic amines is 1. The molecule has 122 valence electrons. The second kappa shape index (κ2) is 11.0. The zero-order chi connectivity index (χ0) is 14.2. The van der Waals surface area contributed by atoms with Crippen molar-refractivity contribution < 1.29 is 9.53 Å². The number of ether oxygens (including phenoxy) is 1. The summed E-state index contributed by atoms with van der Waals surface area (Å²) >= 11 is 0. The third-order valence-electron chi connectivity index (χ3n) is 2.71. The first kappa shape index (κ1) is 20.4. The van der Waals surface area contributed by atoms with Crippen LogP contribution in [0.2, 0.25) is 0 Å². The number of aromatic nitrogens is 2. The third kappa shape index (κ3) is 6.44. The van der Waals surface area contributed by atoms with Crippen molar-refractivity contribution in [2.75, 3.05) is 32.1 Å². The largest absolute Gasteiger partial charge is 0.383 e. The summed E-state index contributed by atoms with van der Waals surface area (Å²) in [7, 11) is 1.63. The summed E-state index contributed by atoms with van der Waals surface area (Å²) in [6.45, 7) is 1.51. The van der Waals surface area contributed by atoms with E-state index in [1.807, 2.05) is 24.3 Å². The Morgan fingerprint density at radius 1 is 1.27 bits per heavy atom. The summed E-state index contributed by atoms with van der Waals surface area (Å²) < 4.78 is 4.89. The number of carbonyl (C=O) groups excluding carboxylic acids is 1. The van der Waals surface area contributed by atoms with E-state index in [4.69, 9.17) is 4.74 Å². The molecule has 0 bridgehead atoms. The van der Waals surface area contributed by atoms with Crippen molar-refractivity contribution in [2.45, 2.75) is 0 Å². The fourth-order valence-corrected chi connectivity index (χ4v) is 1.72. The van der Waals surface area contributed by atoms with Crippen LogP contribution in [0.25, 0.3) is 11.4 Å². The molecule has 0 unspecified atom stereocenters. The van der Waals surface area contributed by atoms with Gasteiger partial charge in [-0.05, 0) is 24.3 Å². The van der Waals surface area contributed by atoms with E-state index in [1.54, 1.807) is 19.5 Å². The van der Waals surface area contributed by atoms with Crippen molar-refractivity contribution >= 4 is 36.4 Å². The minimum atomic E-state index is -0.0770. The highest BCUT2D eigenvalue weighted by Gasteiger charge is 2.03. The number of anilines is 1. The van der Waals surface area contributed by atoms with Crippen LogP contribution < -0.4 is 10.6 Å². The lowest BCUT2D eigenvalue weighted by atomic mass is 10.2. The van der Waals surface area contributed by atoms with Crippen LogP contribution in [0.5, 0.6) is 0 Å². The smallest absolute Gasteiger partial charge is 0.238 e. The van der Waals surface area contributed by atoms with Gasteiger partial charge >= 0.3 is 0 Å². The normalized spacial score (nSPS) is 9.50. The van der Waals surface area contributed by atoms with Crippen LogP contribution in [0.1, 0.15) is 0 Å². The fraction of sp³-hybridized carbons (Fsp3) is 0.286. The Hall–Kier alpha value is -1.60. The van der Waals surface area contributed by atoms with Crippen LogP contribution in [-0.2, 0) is 9.53 Å². The van der Waals surface area contributed by atoms with Crippen LogP contribution in [0.4, 0.5) is 5.69 Å². The van der Waals surface area contributed by atoms with E-state index < -0.39 is 0 Å². The third-order valence-corrected chi connectivity index (χ3v) is 2.71. The minimum absolute atomic E-state index is 0. The van der Waals surface area contributed by atoms with Crippen molar-refractivity contribution in [2.24, 2.45) is 0 Å². The maximum atomic E-state index is 11.7. The van der Waals surface area contributed by atoms with Crippen molar-refractivity contribution in [3.8, 4) is 11.4 Å². The number of hydrogen-bond acceptors (Lipinski definition) is 4. The van der Waals surface area contributed by atoms with Gasteiger partial charge in [-0.15, -0.1) is 24.8 Å². The molecule has 0 aliphatic carbocycles. The molecule has 0 fully saturated rings. The van der Waals surface area contributed by atoms with E-state index in [9.17, 15) is 4.79 Å². The molecule has 1 aromatic heterocycles. The van der Waals surface area contributed by atoms with Gasteiger partial charge in [0.2, 0.25) is 5.91 Å². The fourth-order valence-electron chi connectivity index (χ4n) is 1.72. The summed E-state index contributed by atoms with van der Waals surface area (Å²) in [4.78, 5) is 18.9. The predicted molar refractivity (Wildman–Crippen MR) is 91.9 cm³/mol. The first-order valence-corrected chi connectivity index (χ1v) is 6.39. The highest BCUT2D eigenvalue weighted by Crippen LogP contribution is 2.17. The molecule has 0 aliphatic heterocycles. The number of hydrogen-bond donors (Lipinski definition) is 3. The molecule has 0 spiro atoms. The number of nitrogens with one attached hydrogen (secondary N) is 3. The average molecular weight is 347 g/mol. The highest BCUT2D eigenvalue weighted by molar-refractivity contribution is 5.92. The number of carbonyl (C=O) groups is 1. The van der Waals surface area contributed by atoms with E-state index in [-0.39, 0.29) is 37.3 Å². The molecule has 22 heavy (non-hydrogen) atoms. The lowest BCUT2D eigenvalue weighted by Gasteiger charge is -2.07. The number of halogens is 2. The summed E-state index contributed by atoms with van der Waals surface area (Å²) in [5.41, 5.74) is 1.74.